The molecule has 0 aliphatic heterocycles. The number of nitrogen functional groups attached to an aromatic ring is 1. The molecule has 0 fully saturated rings. The number of rotatable bonds is 3. The Labute approximate surface area is 115 Å². The lowest BCUT2D eigenvalue weighted by Gasteiger charge is -2.12. The molecular formula is C14H14FN3O2. The van der Waals surface area contributed by atoms with E-state index in [1.54, 1.807) is 19.1 Å². The van der Waals surface area contributed by atoms with Crippen LogP contribution in [0.4, 0.5) is 21.6 Å². The van der Waals surface area contributed by atoms with Crippen LogP contribution in [-0.2, 0) is 4.74 Å². The number of pyridine rings is 1. The van der Waals surface area contributed by atoms with Gasteiger partial charge in [0, 0.05) is 17.4 Å². The second-order valence-corrected chi connectivity index (χ2v) is 4.15. The van der Waals surface area contributed by atoms with Crippen molar-refractivity contribution in [3.8, 4) is 0 Å². The van der Waals surface area contributed by atoms with E-state index < -0.39 is 5.97 Å². The largest absolute Gasteiger partial charge is 0.465 e. The number of carbonyl (C=O) groups excluding carboxylic acids is 1. The third kappa shape index (κ3) is 2.54. The first-order valence-electron chi connectivity index (χ1n) is 5.89. The fourth-order valence-corrected chi connectivity index (χ4v) is 1.73. The van der Waals surface area contributed by atoms with E-state index in [-0.39, 0.29) is 22.9 Å². The number of halogens is 1. The normalized spacial score (nSPS) is 10.2. The molecule has 0 bridgehead atoms. The monoisotopic (exact) mass is 275 g/mol. The van der Waals surface area contributed by atoms with E-state index in [1.807, 2.05) is 0 Å². The summed E-state index contributed by atoms with van der Waals surface area (Å²) < 4.78 is 18.1. The summed E-state index contributed by atoms with van der Waals surface area (Å²) in [6, 6.07) is 6.10. The predicted octanol–water partition coefficient (Wildman–Crippen LogP) is 2.64. The van der Waals surface area contributed by atoms with Gasteiger partial charge in [-0.3, -0.25) is 0 Å². The van der Waals surface area contributed by atoms with Crippen molar-refractivity contribution in [2.24, 2.45) is 0 Å². The standard InChI is InChI=1S/C14H14FN3O2/c1-8-10(15)4-3-5-11(8)18-13-12(16)9(6-7-17-13)14(19)20-2/h3-7H,16H2,1-2H3,(H,17,18). The highest BCUT2D eigenvalue weighted by Crippen LogP contribution is 2.26. The van der Waals surface area contributed by atoms with Gasteiger partial charge >= 0.3 is 5.97 Å². The number of hydrogen-bond donors (Lipinski definition) is 2. The van der Waals surface area contributed by atoms with Crippen LogP contribution < -0.4 is 11.1 Å². The molecule has 104 valence electrons. The molecule has 0 amide bonds. The van der Waals surface area contributed by atoms with Gasteiger partial charge in [-0.25, -0.2) is 14.2 Å². The van der Waals surface area contributed by atoms with Gasteiger partial charge in [0.2, 0.25) is 0 Å². The number of hydrogen-bond acceptors (Lipinski definition) is 5. The van der Waals surface area contributed by atoms with Crippen LogP contribution >= 0.6 is 0 Å². The van der Waals surface area contributed by atoms with E-state index in [1.165, 1.54) is 25.4 Å². The smallest absolute Gasteiger partial charge is 0.340 e. The molecule has 1 aromatic heterocycles. The van der Waals surface area contributed by atoms with Gasteiger partial charge in [0.25, 0.3) is 0 Å². The summed E-state index contributed by atoms with van der Waals surface area (Å²) in [5.41, 5.74) is 7.21. The number of methoxy groups -OCH3 is 1. The highest BCUT2D eigenvalue weighted by Gasteiger charge is 2.14. The van der Waals surface area contributed by atoms with Crippen molar-refractivity contribution >= 4 is 23.2 Å². The second kappa shape index (κ2) is 5.56. The maximum absolute atomic E-state index is 13.5. The molecule has 0 saturated carbocycles. The number of anilines is 3. The molecule has 0 radical (unpaired) electrons. The molecule has 1 aromatic carbocycles. The number of nitrogens with zero attached hydrogens (tertiary/aromatic N) is 1. The quantitative estimate of drug-likeness (QED) is 0.842. The van der Waals surface area contributed by atoms with Crippen molar-refractivity contribution < 1.29 is 13.9 Å². The van der Waals surface area contributed by atoms with Crippen molar-refractivity contribution in [2.75, 3.05) is 18.2 Å². The second-order valence-electron chi connectivity index (χ2n) is 4.15. The zero-order valence-corrected chi connectivity index (χ0v) is 11.1. The Morgan fingerprint density at radius 1 is 1.40 bits per heavy atom. The molecule has 2 rings (SSSR count). The van der Waals surface area contributed by atoms with E-state index >= 15 is 0 Å². The molecule has 0 saturated heterocycles. The zero-order chi connectivity index (χ0) is 14.7. The maximum Gasteiger partial charge on any atom is 0.340 e. The molecule has 6 heteroatoms. The molecule has 3 N–H and O–H groups in total. The Morgan fingerprint density at radius 2 is 2.15 bits per heavy atom. The average Bonchev–Trinajstić information content (AvgIpc) is 2.45. The van der Waals surface area contributed by atoms with Crippen LogP contribution in [-0.4, -0.2) is 18.1 Å². The van der Waals surface area contributed by atoms with Crippen LogP contribution in [0.3, 0.4) is 0 Å². The third-order valence-corrected chi connectivity index (χ3v) is 2.92. The third-order valence-electron chi connectivity index (χ3n) is 2.92. The molecule has 5 nitrogen and oxygen atoms in total. The lowest BCUT2D eigenvalue weighted by atomic mass is 10.1. The number of aromatic nitrogens is 1. The average molecular weight is 275 g/mol. The highest BCUT2D eigenvalue weighted by atomic mass is 19.1. The summed E-state index contributed by atoms with van der Waals surface area (Å²) in [5.74, 6) is -0.608. The van der Waals surface area contributed by atoms with Crippen molar-refractivity contribution in [1.82, 2.24) is 4.98 Å². The van der Waals surface area contributed by atoms with E-state index in [4.69, 9.17) is 5.73 Å². The molecule has 1 heterocycles. The minimum absolute atomic E-state index is 0.156. The Bertz CT molecular complexity index is 659. The molecule has 0 aliphatic carbocycles. The van der Waals surface area contributed by atoms with Crippen LogP contribution in [0.15, 0.2) is 30.5 Å². The first-order valence-corrected chi connectivity index (χ1v) is 5.89. The summed E-state index contributed by atoms with van der Waals surface area (Å²) in [6.45, 7) is 1.64. The van der Waals surface area contributed by atoms with Gasteiger partial charge in [0.05, 0.1) is 18.4 Å². The van der Waals surface area contributed by atoms with Crippen LogP contribution in [0.5, 0.6) is 0 Å². The fourth-order valence-electron chi connectivity index (χ4n) is 1.73. The Hall–Kier alpha value is -2.63. The fraction of sp³-hybridized carbons (Fsp3) is 0.143. The minimum atomic E-state index is -0.552. The molecular weight excluding hydrogens is 261 g/mol. The Balaban J connectivity index is 2.39. The first kappa shape index (κ1) is 13.8. The number of esters is 1. The van der Waals surface area contributed by atoms with Crippen molar-refractivity contribution in [1.29, 1.82) is 0 Å². The Morgan fingerprint density at radius 3 is 2.85 bits per heavy atom. The van der Waals surface area contributed by atoms with E-state index in [0.29, 0.717) is 11.3 Å². The molecule has 0 aliphatic rings. The molecule has 0 atom stereocenters. The molecule has 0 unspecified atom stereocenters. The van der Waals surface area contributed by atoms with Crippen LogP contribution in [0.25, 0.3) is 0 Å². The Kier molecular flexibility index (Phi) is 3.84. The van der Waals surface area contributed by atoms with E-state index in [0.717, 1.165) is 0 Å². The van der Waals surface area contributed by atoms with Gasteiger partial charge in [-0.1, -0.05) is 6.07 Å². The molecule has 2 aromatic rings. The highest BCUT2D eigenvalue weighted by molar-refractivity contribution is 5.97. The summed E-state index contributed by atoms with van der Waals surface area (Å²) >= 11 is 0. The van der Waals surface area contributed by atoms with Crippen molar-refractivity contribution in [2.45, 2.75) is 6.92 Å². The first-order chi connectivity index (χ1) is 9.54. The summed E-state index contributed by atoms with van der Waals surface area (Å²) in [4.78, 5) is 15.6. The molecule has 20 heavy (non-hydrogen) atoms. The van der Waals surface area contributed by atoms with E-state index in [9.17, 15) is 9.18 Å². The van der Waals surface area contributed by atoms with Gasteiger partial charge in [0.15, 0.2) is 5.82 Å². The van der Waals surface area contributed by atoms with Crippen LogP contribution in [0.2, 0.25) is 0 Å². The minimum Gasteiger partial charge on any atom is -0.465 e. The SMILES string of the molecule is COC(=O)c1ccnc(Nc2cccc(F)c2C)c1N. The van der Waals surface area contributed by atoms with Gasteiger partial charge < -0.3 is 15.8 Å². The molecule has 0 spiro atoms. The van der Waals surface area contributed by atoms with Crippen molar-refractivity contribution in [3.05, 3.63) is 47.4 Å². The van der Waals surface area contributed by atoms with Crippen LogP contribution in [0, 0.1) is 12.7 Å². The van der Waals surface area contributed by atoms with Crippen LogP contribution in [0.1, 0.15) is 15.9 Å². The van der Waals surface area contributed by atoms with Gasteiger partial charge in [-0.15, -0.1) is 0 Å². The maximum atomic E-state index is 13.5. The number of benzene rings is 1. The van der Waals surface area contributed by atoms with Crippen molar-refractivity contribution in [3.63, 3.8) is 0 Å². The lowest BCUT2D eigenvalue weighted by Crippen LogP contribution is -2.09. The number of nitrogens with one attached hydrogen (secondary N) is 1. The van der Waals surface area contributed by atoms with Gasteiger partial charge in [-0.2, -0.15) is 0 Å². The lowest BCUT2D eigenvalue weighted by molar-refractivity contribution is 0.0602. The zero-order valence-electron chi connectivity index (χ0n) is 11.1. The van der Waals surface area contributed by atoms with E-state index in [2.05, 4.69) is 15.0 Å². The number of carbonyl (C=O) groups is 1. The summed E-state index contributed by atoms with van der Waals surface area (Å²) in [5, 5.41) is 2.92. The number of nitrogens with two attached hydrogens (primary N) is 1. The number of ether oxygens (including phenoxy) is 1. The van der Waals surface area contributed by atoms with Gasteiger partial charge in [-0.05, 0) is 25.1 Å². The summed E-state index contributed by atoms with van der Waals surface area (Å²) in [7, 11) is 1.27. The predicted molar refractivity (Wildman–Crippen MR) is 74.4 cm³/mol. The van der Waals surface area contributed by atoms with Gasteiger partial charge in [0.1, 0.15) is 5.82 Å². The topological polar surface area (TPSA) is 77.2 Å². The summed E-state index contributed by atoms with van der Waals surface area (Å²) in [6.07, 6.45) is 1.43.